The summed E-state index contributed by atoms with van der Waals surface area (Å²) >= 11 is 0. The maximum Gasteiger partial charge on any atom is 0.405 e. The monoisotopic (exact) mass is 287 g/mol. The van der Waals surface area contributed by atoms with Crippen LogP contribution in [0, 0.1) is 0 Å². The van der Waals surface area contributed by atoms with Gasteiger partial charge in [0.15, 0.2) is 5.60 Å². The molecule has 1 unspecified atom stereocenters. The van der Waals surface area contributed by atoms with E-state index in [2.05, 4.69) is 5.43 Å². The van der Waals surface area contributed by atoms with Gasteiger partial charge < -0.3 is 10.5 Å². The van der Waals surface area contributed by atoms with Gasteiger partial charge in [-0.15, -0.1) is 0 Å². The van der Waals surface area contributed by atoms with Crippen LogP contribution in [-0.2, 0) is 16.0 Å². The number of carbonyl (C=O) groups excluding carboxylic acids is 2. The number of benzene rings is 1. The van der Waals surface area contributed by atoms with Crippen LogP contribution in [0.2, 0.25) is 0 Å². The molecule has 1 heterocycles. The van der Waals surface area contributed by atoms with Gasteiger partial charge >= 0.3 is 6.09 Å². The lowest BCUT2D eigenvalue weighted by Gasteiger charge is -2.27. The summed E-state index contributed by atoms with van der Waals surface area (Å²) in [7, 11) is 0. The number of carbonyl (C=O) groups is 2. The minimum atomic E-state index is -1.39. The number of ether oxygens (including phenoxy) is 1. The van der Waals surface area contributed by atoms with Crippen molar-refractivity contribution in [3.63, 3.8) is 0 Å². The molecule has 0 spiro atoms. The molecule has 0 aliphatic carbocycles. The van der Waals surface area contributed by atoms with E-state index in [1.54, 1.807) is 24.5 Å². The van der Waals surface area contributed by atoms with Crippen molar-refractivity contribution >= 4 is 12.0 Å². The van der Waals surface area contributed by atoms with E-state index in [9.17, 15) is 9.59 Å². The van der Waals surface area contributed by atoms with Gasteiger partial charge in [0.1, 0.15) is 0 Å². The van der Waals surface area contributed by atoms with E-state index in [0.29, 0.717) is 0 Å². The van der Waals surface area contributed by atoms with Crippen molar-refractivity contribution in [1.82, 2.24) is 4.68 Å². The Morgan fingerprint density at radius 1 is 1.19 bits per heavy atom. The van der Waals surface area contributed by atoms with E-state index in [4.69, 9.17) is 10.5 Å². The molecule has 1 aromatic carbocycles. The molecule has 0 saturated heterocycles. The molecular weight excluding hydrogens is 270 g/mol. The number of nitrogens with zero attached hydrogens (tertiary/aromatic N) is 1. The molecule has 2 amide bonds. The van der Waals surface area contributed by atoms with Crippen LogP contribution < -0.4 is 11.2 Å². The van der Waals surface area contributed by atoms with Crippen LogP contribution in [0.4, 0.5) is 4.79 Å². The molecule has 21 heavy (non-hydrogen) atoms. The van der Waals surface area contributed by atoms with Gasteiger partial charge in [-0.25, -0.2) is 4.79 Å². The Balaban J connectivity index is 2.19. The van der Waals surface area contributed by atoms with Gasteiger partial charge in [-0.1, -0.05) is 30.3 Å². The van der Waals surface area contributed by atoms with Crippen LogP contribution >= 0.6 is 0 Å². The zero-order chi connectivity index (χ0) is 15.3. The van der Waals surface area contributed by atoms with Gasteiger partial charge in [0.2, 0.25) is 0 Å². The topological polar surface area (TPSA) is 86.3 Å². The number of amides is 2. The van der Waals surface area contributed by atoms with Gasteiger partial charge in [-0.05, 0) is 24.6 Å². The fourth-order valence-corrected chi connectivity index (χ4v) is 2.01. The summed E-state index contributed by atoms with van der Waals surface area (Å²) in [5.41, 5.74) is 7.20. The molecule has 0 radical (unpaired) electrons. The Bertz CT molecular complexity index is 610. The van der Waals surface area contributed by atoms with Crippen molar-refractivity contribution in [2.24, 2.45) is 5.73 Å². The highest BCUT2D eigenvalue weighted by atomic mass is 16.6. The number of nitrogens with two attached hydrogens (primary N) is 1. The fraction of sp³-hybridized carbons (Fsp3) is 0.200. The van der Waals surface area contributed by atoms with Gasteiger partial charge in [0, 0.05) is 18.8 Å². The molecule has 6 nitrogen and oxygen atoms in total. The van der Waals surface area contributed by atoms with Crippen molar-refractivity contribution in [1.29, 1.82) is 0 Å². The minimum Gasteiger partial charge on any atom is -0.433 e. The Hall–Kier alpha value is -2.76. The molecule has 0 bridgehead atoms. The molecule has 0 aliphatic heterocycles. The first-order valence-corrected chi connectivity index (χ1v) is 6.46. The summed E-state index contributed by atoms with van der Waals surface area (Å²) in [6, 6.07) is 12.8. The average molecular weight is 287 g/mol. The van der Waals surface area contributed by atoms with Gasteiger partial charge in [0.05, 0.1) is 0 Å². The molecule has 6 heteroatoms. The lowest BCUT2D eigenvalue weighted by Crippen LogP contribution is -2.49. The Labute approximate surface area is 122 Å². The maximum absolute atomic E-state index is 12.4. The first-order chi connectivity index (χ1) is 9.99. The Morgan fingerprint density at radius 2 is 1.81 bits per heavy atom. The highest BCUT2D eigenvalue weighted by Gasteiger charge is 2.37. The lowest BCUT2D eigenvalue weighted by molar-refractivity contribution is -0.133. The third-order valence-corrected chi connectivity index (χ3v) is 3.03. The standard InChI is InChI=1S/C15H17N3O3/c1-15(21-14(16)20,11-12-7-3-2-4-8-12)13(19)17-18-9-5-6-10-18/h2-10H,11H2,1H3,(H2,16,20)(H,17,19). The van der Waals surface area contributed by atoms with Crippen LogP contribution in [0.15, 0.2) is 54.9 Å². The largest absolute Gasteiger partial charge is 0.433 e. The van der Waals surface area contributed by atoms with Crippen molar-refractivity contribution < 1.29 is 14.3 Å². The van der Waals surface area contributed by atoms with Crippen LogP contribution in [-0.4, -0.2) is 22.3 Å². The van der Waals surface area contributed by atoms with Crippen molar-refractivity contribution in [3.05, 3.63) is 60.4 Å². The van der Waals surface area contributed by atoms with Crippen LogP contribution in [0.3, 0.4) is 0 Å². The fourth-order valence-electron chi connectivity index (χ4n) is 2.01. The number of aromatic nitrogens is 1. The van der Waals surface area contributed by atoms with Crippen LogP contribution in [0.1, 0.15) is 12.5 Å². The van der Waals surface area contributed by atoms with E-state index < -0.39 is 17.6 Å². The third-order valence-electron chi connectivity index (χ3n) is 3.03. The second-order valence-electron chi connectivity index (χ2n) is 4.85. The van der Waals surface area contributed by atoms with Crippen LogP contribution in [0.5, 0.6) is 0 Å². The molecule has 110 valence electrons. The molecule has 0 aliphatic rings. The van der Waals surface area contributed by atoms with E-state index in [1.165, 1.54) is 11.6 Å². The summed E-state index contributed by atoms with van der Waals surface area (Å²) < 4.78 is 6.55. The Kier molecular flexibility index (Phi) is 4.27. The predicted molar refractivity (Wildman–Crippen MR) is 78.0 cm³/mol. The molecule has 0 saturated carbocycles. The molecular formula is C15H17N3O3. The molecule has 1 aromatic heterocycles. The summed E-state index contributed by atoms with van der Waals surface area (Å²) in [6.07, 6.45) is 2.58. The van der Waals surface area contributed by atoms with Gasteiger partial charge in [0.25, 0.3) is 5.91 Å². The second kappa shape index (κ2) is 6.13. The predicted octanol–water partition coefficient (Wildman–Crippen LogP) is 1.65. The number of primary amides is 1. The SMILES string of the molecule is CC(Cc1ccccc1)(OC(N)=O)C(=O)Nn1cccc1. The normalized spacial score (nSPS) is 13.2. The number of nitrogens with one attached hydrogen (secondary N) is 1. The molecule has 1 atom stereocenters. The summed E-state index contributed by atoms with van der Waals surface area (Å²) in [6.45, 7) is 1.53. The molecule has 3 N–H and O–H groups in total. The van der Waals surface area contributed by atoms with E-state index >= 15 is 0 Å². The van der Waals surface area contributed by atoms with Crippen molar-refractivity contribution in [2.75, 3.05) is 5.43 Å². The van der Waals surface area contributed by atoms with E-state index in [-0.39, 0.29) is 6.42 Å². The number of hydrogen-bond acceptors (Lipinski definition) is 3. The quantitative estimate of drug-likeness (QED) is 0.876. The highest BCUT2D eigenvalue weighted by molar-refractivity contribution is 5.93. The zero-order valence-corrected chi connectivity index (χ0v) is 11.7. The maximum atomic E-state index is 12.4. The summed E-state index contributed by atoms with van der Waals surface area (Å²) in [5, 5.41) is 0. The number of hydrogen-bond donors (Lipinski definition) is 2. The summed E-state index contributed by atoms with van der Waals surface area (Å²) in [5.74, 6) is -0.457. The van der Waals surface area contributed by atoms with Gasteiger partial charge in [-0.3, -0.25) is 14.9 Å². The first kappa shape index (κ1) is 14.6. The molecule has 2 aromatic rings. The van der Waals surface area contributed by atoms with Crippen molar-refractivity contribution in [2.45, 2.75) is 18.9 Å². The Morgan fingerprint density at radius 3 is 2.38 bits per heavy atom. The van der Waals surface area contributed by atoms with E-state index in [0.717, 1.165) is 5.56 Å². The molecule has 2 rings (SSSR count). The molecule has 0 fully saturated rings. The average Bonchev–Trinajstić information content (AvgIpc) is 2.91. The van der Waals surface area contributed by atoms with Crippen molar-refractivity contribution in [3.8, 4) is 0 Å². The smallest absolute Gasteiger partial charge is 0.405 e. The van der Waals surface area contributed by atoms with Gasteiger partial charge in [-0.2, -0.15) is 0 Å². The van der Waals surface area contributed by atoms with Crippen LogP contribution in [0.25, 0.3) is 0 Å². The zero-order valence-electron chi connectivity index (χ0n) is 11.7. The third kappa shape index (κ3) is 3.85. The highest BCUT2D eigenvalue weighted by Crippen LogP contribution is 2.19. The second-order valence-corrected chi connectivity index (χ2v) is 4.85. The first-order valence-electron chi connectivity index (χ1n) is 6.46. The van der Waals surface area contributed by atoms with E-state index in [1.807, 2.05) is 30.3 Å². The lowest BCUT2D eigenvalue weighted by atomic mass is 9.95. The minimum absolute atomic E-state index is 0.226. The number of rotatable bonds is 5. The summed E-state index contributed by atoms with van der Waals surface area (Å²) in [4.78, 5) is 23.5.